The van der Waals surface area contributed by atoms with Gasteiger partial charge in [-0.05, 0) is 42.9 Å². The van der Waals surface area contributed by atoms with Crippen LogP contribution in [0.3, 0.4) is 0 Å². The van der Waals surface area contributed by atoms with Crippen LogP contribution in [0.4, 0.5) is 0 Å². The fourth-order valence-electron chi connectivity index (χ4n) is 8.68. The van der Waals surface area contributed by atoms with E-state index < -0.39 is 77.0 Å². The Morgan fingerprint density at radius 3 is 2.55 bits per heavy atom. The topological polar surface area (TPSA) is 165 Å². The van der Waals surface area contributed by atoms with Crippen molar-refractivity contribution in [3.63, 3.8) is 0 Å². The SMILES string of the molecule is C=CCCC(=O)N[C@@H](COC)[C@@H](OC(=O)[C@H]1[C@@H]2O[C@@]3(CC2Br)[C@@H]1C(=O)N([C@@H](CO)CC(C)C)[C@@H]3C(=O)N(CC=C)Cn1nnc2ccccc21)c1ccccc1. The Kier molecular flexibility index (Phi) is 13.1. The summed E-state index contributed by atoms with van der Waals surface area (Å²) in [5.74, 6) is -4.01. The fourth-order valence-corrected chi connectivity index (χ4v) is 9.63. The third-order valence-corrected chi connectivity index (χ3v) is 11.8. The van der Waals surface area contributed by atoms with Crippen molar-refractivity contribution in [1.29, 1.82) is 0 Å². The second-order valence-corrected chi connectivity index (χ2v) is 16.3. The summed E-state index contributed by atoms with van der Waals surface area (Å²) in [5.41, 5.74) is 0.562. The van der Waals surface area contributed by atoms with Gasteiger partial charge in [0, 0.05) is 24.9 Å². The Balaban J connectivity index is 1.38. The number of rotatable bonds is 19. The summed E-state index contributed by atoms with van der Waals surface area (Å²) in [7, 11) is 1.49. The third-order valence-electron chi connectivity index (χ3n) is 11.0. The zero-order chi connectivity index (χ0) is 40.1. The molecule has 14 nitrogen and oxygen atoms in total. The largest absolute Gasteiger partial charge is 0.455 e. The zero-order valence-corrected chi connectivity index (χ0v) is 33.6. The Hall–Kier alpha value is -4.44. The number of methoxy groups -OCH3 is 1. The van der Waals surface area contributed by atoms with Crippen molar-refractivity contribution in [2.24, 2.45) is 17.8 Å². The number of carbonyl (C=O) groups is 4. The summed E-state index contributed by atoms with van der Waals surface area (Å²) in [6.45, 7) is 11.3. The molecule has 3 aliphatic rings. The van der Waals surface area contributed by atoms with E-state index in [4.69, 9.17) is 14.2 Å². The number of aromatic nitrogens is 3. The summed E-state index contributed by atoms with van der Waals surface area (Å²) >= 11 is 3.75. The molecule has 0 aliphatic carbocycles. The lowest BCUT2D eigenvalue weighted by atomic mass is 9.70. The van der Waals surface area contributed by atoms with Crippen LogP contribution in [-0.4, -0.2) is 115 Å². The quantitative estimate of drug-likeness (QED) is 0.103. The van der Waals surface area contributed by atoms with E-state index in [1.807, 2.05) is 44.2 Å². The number of hydrogen-bond donors (Lipinski definition) is 2. The highest BCUT2D eigenvalue weighted by atomic mass is 79.9. The minimum Gasteiger partial charge on any atom is -0.455 e. The molecule has 1 unspecified atom stereocenters. The van der Waals surface area contributed by atoms with Crippen LogP contribution in [0.1, 0.15) is 51.2 Å². The van der Waals surface area contributed by atoms with Crippen molar-refractivity contribution in [2.45, 2.75) is 87.0 Å². The number of ether oxygens (including phenoxy) is 3. The molecule has 3 aromatic rings. The van der Waals surface area contributed by atoms with Crippen LogP contribution < -0.4 is 5.32 Å². The van der Waals surface area contributed by atoms with E-state index in [9.17, 15) is 14.7 Å². The Morgan fingerprint density at radius 2 is 1.88 bits per heavy atom. The molecule has 0 radical (unpaired) electrons. The minimum absolute atomic E-state index is 0.00339. The molecular formula is C41H51BrN6O8. The molecule has 1 aromatic heterocycles. The number of allylic oxidation sites excluding steroid dienone is 1. The number of alkyl halides is 1. The van der Waals surface area contributed by atoms with E-state index in [0.717, 1.165) is 5.52 Å². The molecule has 3 amide bonds. The summed E-state index contributed by atoms with van der Waals surface area (Å²) in [5, 5.41) is 22.3. The lowest BCUT2D eigenvalue weighted by Gasteiger charge is -2.39. The van der Waals surface area contributed by atoms with Crippen LogP contribution >= 0.6 is 15.9 Å². The Bertz CT molecular complexity index is 1910. The second-order valence-electron chi connectivity index (χ2n) is 15.2. The highest BCUT2D eigenvalue weighted by molar-refractivity contribution is 9.09. The van der Waals surface area contributed by atoms with E-state index in [1.165, 1.54) is 12.0 Å². The van der Waals surface area contributed by atoms with Crippen LogP contribution in [0.25, 0.3) is 11.0 Å². The molecule has 0 saturated carbocycles. The number of esters is 1. The van der Waals surface area contributed by atoms with Gasteiger partial charge in [0.25, 0.3) is 0 Å². The number of carbonyl (C=O) groups excluding carboxylic acids is 4. The van der Waals surface area contributed by atoms with Gasteiger partial charge in [0.05, 0.1) is 48.8 Å². The van der Waals surface area contributed by atoms with Crippen LogP contribution in [-0.2, 0) is 40.1 Å². The molecule has 3 saturated heterocycles. The Morgan fingerprint density at radius 1 is 1.14 bits per heavy atom. The number of benzene rings is 2. The number of fused-ring (bicyclic) bond motifs is 2. The van der Waals surface area contributed by atoms with Gasteiger partial charge in [0.15, 0.2) is 0 Å². The number of likely N-dealkylation sites (tertiary alicyclic amines) is 1. The third kappa shape index (κ3) is 7.91. The van der Waals surface area contributed by atoms with Crippen molar-refractivity contribution in [2.75, 3.05) is 26.9 Å². The number of nitrogens with one attached hydrogen (secondary N) is 1. The van der Waals surface area contributed by atoms with Crippen molar-refractivity contribution in [3.05, 3.63) is 85.5 Å². The molecule has 300 valence electrons. The molecule has 3 fully saturated rings. The predicted octanol–water partition coefficient (Wildman–Crippen LogP) is 3.94. The van der Waals surface area contributed by atoms with Gasteiger partial charge >= 0.3 is 5.97 Å². The summed E-state index contributed by atoms with van der Waals surface area (Å²) in [4.78, 5) is 60.5. The van der Waals surface area contributed by atoms with Crippen LogP contribution in [0.5, 0.6) is 0 Å². The van der Waals surface area contributed by atoms with Gasteiger partial charge in [-0.1, -0.05) is 89.6 Å². The lowest BCUT2D eigenvalue weighted by molar-refractivity contribution is -0.163. The number of hydrogen-bond acceptors (Lipinski definition) is 10. The molecule has 3 aliphatic heterocycles. The first-order chi connectivity index (χ1) is 27.0. The number of aliphatic hydroxyl groups is 1. The number of aliphatic hydroxyl groups excluding tert-OH is 1. The molecule has 2 bridgehead atoms. The lowest BCUT2D eigenvalue weighted by Crippen LogP contribution is -2.59. The van der Waals surface area contributed by atoms with E-state index in [1.54, 1.807) is 46.0 Å². The first-order valence-electron chi connectivity index (χ1n) is 19.1. The van der Waals surface area contributed by atoms with Gasteiger partial charge in [0.2, 0.25) is 17.7 Å². The predicted molar refractivity (Wildman–Crippen MR) is 211 cm³/mol. The second kappa shape index (κ2) is 17.8. The van der Waals surface area contributed by atoms with Gasteiger partial charge < -0.3 is 34.4 Å². The smallest absolute Gasteiger partial charge is 0.313 e. The molecule has 2 aromatic carbocycles. The molecule has 2 N–H and O–H groups in total. The van der Waals surface area contributed by atoms with E-state index in [-0.39, 0.29) is 44.5 Å². The van der Waals surface area contributed by atoms with Crippen molar-refractivity contribution < 1.29 is 38.5 Å². The summed E-state index contributed by atoms with van der Waals surface area (Å²) in [6, 6.07) is 13.7. The molecule has 15 heteroatoms. The highest BCUT2D eigenvalue weighted by Gasteiger charge is 2.77. The number of amides is 3. The first kappa shape index (κ1) is 41.2. The molecular weight excluding hydrogens is 784 g/mol. The van der Waals surface area contributed by atoms with Gasteiger partial charge in [-0.3, -0.25) is 19.2 Å². The van der Waals surface area contributed by atoms with Crippen LogP contribution in [0.2, 0.25) is 0 Å². The molecule has 4 heterocycles. The number of nitrogens with zero attached hydrogens (tertiary/aromatic N) is 5. The fraction of sp³-hybridized carbons (Fsp3) is 0.512. The standard InChI is InChI=1S/C41H51BrN6O8/c1-6-8-18-32(50)43-30(23-54-5)35(26-14-10-9-11-15-26)55-40(53)33-34-38(51)48(27(22-49)20-25(3)4)37(41(34)21-28(42)36(33)56-41)39(52)46(19-7-2)24-47-31-17-13-12-16-29(31)44-45-47/h6-7,9-17,25,27-28,30,33-37,49H,1-2,8,18-24H2,3-5H3,(H,43,50)/t27-,28?,30+,33-,34+,35+,36-,37-,41+/m1/s1. The van der Waals surface area contributed by atoms with Gasteiger partial charge in [-0.25, -0.2) is 4.68 Å². The van der Waals surface area contributed by atoms with E-state index >= 15 is 9.59 Å². The molecule has 56 heavy (non-hydrogen) atoms. The first-order valence-corrected chi connectivity index (χ1v) is 20.0. The average Bonchev–Trinajstić information content (AvgIpc) is 3.91. The maximum atomic E-state index is 15.1. The maximum absolute atomic E-state index is 15.1. The van der Waals surface area contributed by atoms with Crippen molar-refractivity contribution >= 4 is 50.7 Å². The number of para-hydroxylation sites is 1. The maximum Gasteiger partial charge on any atom is 0.313 e. The molecule has 1 spiro atoms. The number of halogens is 1. The zero-order valence-electron chi connectivity index (χ0n) is 32.0. The van der Waals surface area contributed by atoms with E-state index in [2.05, 4.69) is 44.7 Å². The van der Waals surface area contributed by atoms with E-state index in [0.29, 0.717) is 23.9 Å². The molecule has 9 atom stereocenters. The average molecular weight is 836 g/mol. The molecule has 6 rings (SSSR count). The van der Waals surface area contributed by atoms with Crippen LogP contribution in [0.15, 0.2) is 79.9 Å². The van der Waals surface area contributed by atoms with Gasteiger partial charge in [0.1, 0.15) is 29.9 Å². The summed E-state index contributed by atoms with van der Waals surface area (Å²) in [6.07, 6.45) is 2.76. The monoisotopic (exact) mass is 834 g/mol. The van der Waals surface area contributed by atoms with Crippen LogP contribution in [0, 0.1) is 17.8 Å². The van der Waals surface area contributed by atoms with Gasteiger partial charge in [-0.15, -0.1) is 18.3 Å². The van der Waals surface area contributed by atoms with Crippen molar-refractivity contribution in [1.82, 2.24) is 30.1 Å². The minimum atomic E-state index is -1.43. The van der Waals surface area contributed by atoms with Crippen molar-refractivity contribution in [3.8, 4) is 0 Å². The highest BCUT2D eigenvalue weighted by Crippen LogP contribution is 2.61. The normalized spacial score (nSPS) is 25.5. The summed E-state index contributed by atoms with van der Waals surface area (Å²) < 4.78 is 20.3. The van der Waals surface area contributed by atoms with Gasteiger partial charge in [-0.2, -0.15) is 0 Å². The Labute approximate surface area is 335 Å².